The molecule has 2 amide bonds. The van der Waals surface area contributed by atoms with Crippen molar-refractivity contribution in [2.75, 3.05) is 26.8 Å². The third-order valence-corrected chi connectivity index (χ3v) is 2.16. The molecule has 0 spiro atoms. The normalized spacial score (nSPS) is 21.1. The lowest BCUT2D eigenvalue weighted by Crippen LogP contribution is -2.57. The Bertz CT molecular complexity index is 298. The van der Waals surface area contributed by atoms with Crippen LogP contribution in [0, 0.1) is 0 Å². The minimum atomic E-state index is -0.554. The Hall–Kier alpha value is -1.30. The first kappa shape index (κ1) is 13.8. The predicted molar refractivity (Wildman–Crippen MR) is 61.6 cm³/mol. The van der Waals surface area contributed by atoms with E-state index in [4.69, 9.17) is 9.47 Å². The van der Waals surface area contributed by atoms with E-state index in [1.807, 2.05) is 0 Å². The van der Waals surface area contributed by atoms with Crippen LogP contribution in [0.4, 0.5) is 4.79 Å². The molecule has 1 N–H and O–H groups in total. The van der Waals surface area contributed by atoms with Gasteiger partial charge in [-0.05, 0) is 20.8 Å². The van der Waals surface area contributed by atoms with Gasteiger partial charge in [-0.25, -0.2) is 4.79 Å². The lowest BCUT2D eigenvalue weighted by Gasteiger charge is -2.33. The molecule has 1 heterocycles. The van der Waals surface area contributed by atoms with Crippen molar-refractivity contribution in [1.82, 2.24) is 10.2 Å². The fourth-order valence-corrected chi connectivity index (χ4v) is 1.58. The molecular weight excluding hydrogens is 224 g/mol. The highest BCUT2D eigenvalue weighted by Crippen LogP contribution is 2.11. The van der Waals surface area contributed by atoms with Crippen LogP contribution in [-0.2, 0) is 14.3 Å². The van der Waals surface area contributed by atoms with Gasteiger partial charge in [0.15, 0.2) is 0 Å². The van der Waals surface area contributed by atoms with Crippen LogP contribution in [0.25, 0.3) is 0 Å². The van der Waals surface area contributed by atoms with Gasteiger partial charge in [0.05, 0.1) is 12.6 Å². The molecule has 1 saturated heterocycles. The van der Waals surface area contributed by atoms with E-state index in [0.29, 0.717) is 13.2 Å². The highest BCUT2D eigenvalue weighted by atomic mass is 16.6. The summed E-state index contributed by atoms with van der Waals surface area (Å²) in [5.74, 6) is -0.191. The molecule has 0 aromatic rings. The van der Waals surface area contributed by atoms with Crippen molar-refractivity contribution in [3.05, 3.63) is 0 Å². The Labute approximate surface area is 101 Å². The van der Waals surface area contributed by atoms with Gasteiger partial charge in [-0.3, -0.25) is 9.69 Å². The lowest BCUT2D eigenvalue weighted by molar-refractivity contribution is -0.126. The maximum Gasteiger partial charge on any atom is 0.410 e. The molecule has 1 unspecified atom stereocenters. The summed E-state index contributed by atoms with van der Waals surface area (Å²) in [6, 6.07) is -0.172. The van der Waals surface area contributed by atoms with Gasteiger partial charge in [0.1, 0.15) is 12.1 Å². The van der Waals surface area contributed by atoms with Crippen LogP contribution in [-0.4, -0.2) is 55.3 Å². The second-order valence-corrected chi connectivity index (χ2v) is 5.08. The van der Waals surface area contributed by atoms with Gasteiger partial charge < -0.3 is 14.8 Å². The first-order valence-electron chi connectivity index (χ1n) is 5.58. The van der Waals surface area contributed by atoms with Crippen molar-refractivity contribution < 1.29 is 19.1 Å². The molecule has 0 aromatic heterocycles. The molecule has 0 saturated carbocycles. The first-order valence-corrected chi connectivity index (χ1v) is 5.58. The van der Waals surface area contributed by atoms with Gasteiger partial charge in [0, 0.05) is 13.7 Å². The molecule has 98 valence electrons. The summed E-state index contributed by atoms with van der Waals surface area (Å²) in [6.07, 6.45) is -0.464. The molecule has 0 aliphatic carbocycles. The molecule has 1 aliphatic rings. The highest BCUT2D eigenvalue weighted by Gasteiger charge is 2.30. The van der Waals surface area contributed by atoms with Gasteiger partial charge in [-0.15, -0.1) is 0 Å². The SMILES string of the molecule is COCC1CN(C(=O)OC(C)(C)C)CC(=O)N1. The highest BCUT2D eigenvalue weighted by molar-refractivity contribution is 5.83. The number of ether oxygens (including phenoxy) is 2. The summed E-state index contributed by atoms with van der Waals surface area (Å²) < 4.78 is 10.2. The molecule has 17 heavy (non-hydrogen) atoms. The molecule has 1 rings (SSSR count). The summed E-state index contributed by atoms with van der Waals surface area (Å²) in [4.78, 5) is 24.6. The van der Waals surface area contributed by atoms with E-state index in [2.05, 4.69) is 5.32 Å². The summed E-state index contributed by atoms with van der Waals surface area (Å²) in [7, 11) is 1.55. The average molecular weight is 244 g/mol. The molecular formula is C11H20N2O4. The van der Waals surface area contributed by atoms with E-state index in [0.717, 1.165) is 0 Å². The van der Waals surface area contributed by atoms with Gasteiger partial charge in [0.2, 0.25) is 5.91 Å². The van der Waals surface area contributed by atoms with Crippen molar-refractivity contribution in [2.45, 2.75) is 32.4 Å². The Morgan fingerprint density at radius 1 is 1.53 bits per heavy atom. The zero-order valence-corrected chi connectivity index (χ0v) is 10.8. The van der Waals surface area contributed by atoms with E-state index in [9.17, 15) is 9.59 Å². The summed E-state index contributed by atoms with van der Waals surface area (Å²) in [6.45, 7) is 6.21. The Kier molecular flexibility index (Phi) is 4.34. The quantitative estimate of drug-likeness (QED) is 0.762. The standard InChI is InChI=1S/C11H20N2O4/c1-11(2,3)17-10(15)13-5-8(7-16-4)12-9(14)6-13/h8H,5-7H2,1-4H3,(H,12,14). The van der Waals surface area contributed by atoms with Crippen LogP contribution in [0.1, 0.15) is 20.8 Å². The van der Waals surface area contributed by atoms with Crippen LogP contribution in [0.3, 0.4) is 0 Å². The number of hydrogen-bond donors (Lipinski definition) is 1. The van der Waals surface area contributed by atoms with Crippen LogP contribution in [0.15, 0.2) is 0 Å². The van der Waals surface area contributed by atoms with E-state index >= 15 is 0 Å². The number of carbonyl (C=O) groups excluding carboxylic acids is 2. The number of nitrogens with zero attached hydrogens (tertiary/aromatic N) is 1. The smallest absolute Gasteiger partial charge is 0.410 e. The minimum Gasteiger partial charge on any atom is -0.444 e. The summed E-state index contributed by atoms with van der Waals surface area (Å²) in [5.41, 5.74) is -0.554. The molecule has 6 heteroatoms. The van der Waals surface area contributed by atoms with Crippen molar-refractivity contribution >= 4 is 12.0 Å². The maximum absolute atomic E-state index is 11.8. The van der Waals surface area contributed by atoms with Gasteiger partial charge >= 0.3 is 6.09 Å². The summed E-state index contributed by atoms with van der Waals surface area (Å²) >= 11 is 0. The predicted octanol–water partition coefficient (Wildman–Crippen LogP) is 0.368. The van der Waals surface area contributed by atoms with Crippen LogP contribution in [0.5, 0.6) is 0 Å². The monoisotopic (exact) mass is 244 g/mol. The number of nitrogens with one attached hydrogen (secondary N) is 1. The molecule has 1 atom stereocenters. The second kappa shape index (κ2) is 5.35. The largest absolute Gasteiger partial charge is 0.444 e. The van der Waals surface area contributed by atoms with Gasteiger partial charge in [-0.2, -0.15) is 0 Å². The zero-order valence-electron chi connectivity index (χ0n) is 10.8. The topological polar surface area (TPSA) is 67.9 Å². The van der Waals surface area contributed by atoms with Crippen LogP contribution >= 0.6 is 0 Å². The van der Waals surface area contributed by atoms with E-state index in [1.165, 1.54) is 4.90 Å². The van der Waals surface area contributed by atoms with Crippen molar-refractivity contribution in [3.8, 4) is 0 Å². The van der Waals surface area contributed by atoms with Crippen molar-refractivity contribution in [2.24, 2.45) is 0 Å². The summed E-state index contributed by atoms with van der Waals surface area (Å²) in [5, 5.41) is 2.75. The van der Waals surface area contributed by atoms with Crippen molar-refractivity contribution in [3.63, 3.8) is 0 Å². The number of hydrogen-bond acceptors (Lipinski definition) is 4. The minimum absolute atomic E-state index is 0.0368. The van der Waals surface area contributed by atoms with Gasteiger partial charge in [0.25, 0.3) is 0 Å². The molecule has 6 nitrogen and oxygen atoms in total. The average Bonchev–Trinajstić information content (AvgIpc) is 2.14. The maximum atomic E-state index is 11.8. The van der Waals surface area contributed by atoms with E-state index in [1.54, 1.807) is 27.9 Å². The fourth-order valence-electron chi connectivity index (χ4n) is 1.58. The third kappa shape index (κ3) is 4.60. The number of piperazine rings is 1. The molecule has 1 fully saturated rings. The number of rotatable bonds is 2. The van der Waals surface area contributed by atoms with Gasteiger partial charge in [-0.1, -0.05) is 0 Å². The Morgan fingerprint density at radius 3 is 2.71 bits per heavy atom. The first-order chi connectivity index (χ1) is 7.81. The third-order valence-electron chi connectivity index (χ3n) is 2.16. The van der Waals surface area contributed by atoms with Crippen LogP contribution < -0.4 is 5.32 Å². The number of methoxy groups -OCH3 is 1. The van der Waals surface area contributed by atoms with E-state index < -0.39 is 11.7 Å². The second-order valence-electron chi connectivity index (χ2n) is 5.08. The van der Waals surface area contributed by atoms with Crippen LogP contribution in [0.2, 0.25) is 0 Å². The van der Waals surface area contributed by atoms with E-state index in [-0.39, 0.29) is 18.5 Å². The molecule has 0 bridgehead atoms. The number of carbonyl (C=O) groups is 2. The zero-order chi connectivity index (χ0) is 13.1. The molecule has 0 radical (unpaired) electrons. The molecule has 0 aromatic carbocycles. The van der Waals surface area contributed by atoms with Crippen molar-refractivity contribution in [1.29, 1.82) is 0 Å². The number of amides is 2. The molecule has 1 aliphatic heterocycles. The lowest BCUT2D eigenvalue weighted by atomic mass is 10.2. The Balaban J connectivity index is 2.58. The fraction of sp³-hybridized carbons (Fsp3) is 0.818. The Morgan fingerprint density at radius 2 is 2.18 bits per heavy atom.